The van der Waals surface area contributed by atoms with Crippen molar-refractivity contribution in [3.8, 4) is 0 Å². The second kappa shape index (κ2) is 5.94. The Labute approximate surface area is 97.4 Å². The Balaban J connectivity index is 2.64. The van der Waals surface area contributed by atoms with Crippen molar-refractivity contribution in [3.63, 3.8) is 0 Å². The van der Waals surface area contributed by atoms with Crippen molar-refractivity contribution < 1.29 is 19.1 Å². The van der Waals surface area contributed by atoms with Gasteiger partial charge >= 0.3 is 5.97 Å². The van der Waals surface area contributed by atoms with Gasteiger partial charge in [0.1, 0.15) is 0 Å². The van der Waals surface area contributed by atoms with Gasteiger partial charge in [-0.15, -0.1) is 10.2 Å². The number of nitrogens with zero attached hydrogens (tertiary/aromatic N) is 3. The molecule has 1 heterocycles. The molecular weight excluding hydrogens is 228 g/mol. The van der Waals surface area contributed by atoms with Gasteiger partial charge in [0.2, 0.25) is 17.7 Å². The number of rotatable bonds is 7. The van der Waals surface area contributed by atoms with Gasteiger partial charge in [-0.3, -0.25) is 14.5 Å². The molecule has 8 nitrogen and oxygen atoms in total. The van der Waals surface area contributed by atoms with Gasteiger partial charge < -0.3 is 15.3 Å². The number of carboxylic acids is 1. The largest absolute Gasteiger partial charge is 0.480 e. The topological polar surface area (TPSA) is 123 Å². The van der Waals surface area contributed by atoms with Gasteiger partial charge in [0, 0.05) is 6.42 Å². The lowest BCUT2D eigenvalue weighted by molar-refractivity contribution is -0.138. The number of hydrogen-bond acceptors (Lipinski definition) is 6. The van der Waals surface area contributed by atoms with E-state index in [0.29, 0.717) is 12.3 Å². The monoisotopic (exact) mass is 242 g/mol. The van der Waals surface area contributed by atoms with Crippen molar-refractivity contribution in [2.45, 2.75) is 19.9 Å². The molecule has 0 aliphatic carbocycles. The predicted octanol–water partition coefficient (Wildman–Crippen LogP) is -0.996. The summed E-state index contributed by atoms with van der Waals surface area (Å²) in [5.41, 5.74) is 5.01. The SMILES string of the molecule is CCc1nnc(CN(CC(N)=O)CC(=O)O)o1. The molecule has 17 heavy (non-hydrogen) atoms. The summed E-state index contributed by atoms with van der Waals surface area (Å²) >= 11 is 0. The van der Waals surface area contributed by atoms with E-state index in [1.54, 1.807) is 0 Å². The number of aliphatic carboxylic acids is 1. The molecule has 0 atom stereocenters. The van der Waals surface area contributed by atoms with Crippen LogP contribution in [-0.4, -0.2) is 45.2 Å². The third kappa shape index (κ3) is 4.60. The zero-order chi connectivity index (χ0) is 12.8. The van der Waals surface area contributed by atoms with Crippen molar-refractivity contribution in [1.82, 2.24) is 15.1 Å². The van der Waals surface area contributed by atoms with Crippen LogP contribution < -0.4 is 5.73 Å². The second-order valence-electron chi connectivity index (χ2n) is 3.45. The molecule has 0 aliphatic heterocycles. The Kier molecular flexibility index (Phi) is 4.58. The van der Waals surface area contributed by atoms with Crippen molar-refractivity contribution in [2.75, 3.05) is 13.1 Å². The quantitative estimate of drug-likeness (QED) is 0.628. The Bertz CT molecular complexity index is 387. The molecule has 0 radical (unpaired) electrons. The molecule has 1 aromatic rings. The van der Waals surface area contributed by atoms with E-state index in [1.807, 2.05) is 6.92 Å². The molecule has 0 unspecified atom stereocenters. The first-order valence-electron chi connectivity index (χ1n) is 5.05. The molecule has 1 rings (SSSR count). The smallest absolute Gasteiger partial charge is 0.317 e. The van der Waals surface area contributed by atoms with Gasteiger partial charge in [0.25, 0.3) is 0 Å². The van der Waals surface area contributed by atoms with Crippen molar-refractivity contribution >= 4 is 11.9 Å². The first kappa shape index (κ1) is 13.1. The molecule has 0 saturated heterocycles. The first-order chi connectivity index (χ1) is 8.01. The van der Waals surface area contributed by atoms with E-state index in [0.717, 1.165) is 0 Å². The van der Waals surface area contributed by atoms with E-state index >= 15 is 0 Å². The normalized spacial score (nSPS) is 10.7. The highest BCUT2D eigenvalue weighted by atomic mass is 16.4. The van der Waals surface area contributed by atoms with Crippen LogP contribution in [-0.2, 0) is 22.6 Å². The average Bonchev–Trinajstić information content (AvgIpc) is 2.63. The predicted molar refractivity (Wildman–Crippen MR) is 55.8 cm³/mol. The summed E-state index contributed by atoms with van der Waals surface area (Å²) in [6, 6.07) is 0. The fourth-order valence-corrected chi connectivity index (χ4v) is 1.27. The first-order valence-corrected chi connectivity index (χ1v) is 5.05. The van der Waals surface area contributed by atoms with Gasteiger partial charge in [-0.2, -0.15) is 0 Å². The number of hydrogen-bond donors (Lipinski definition) is 2. The zero-order valence-electron chi connectivity index (χ0n) is 9.42. The van der Waals surface area contributed by atoms with Crippen LogP contribution in [0.5, 0.6) is 0 Å². The average molecular weight is 242 g/mol. The molecule has 0 spiro atoms. The maximum Gasteiger partial charge on any atom is 0.317 e. The molecule has 0 fully saturated rings. The molecule has 1 amide bonds. The molecule has 0 aromatic carbocycles. The van der Waals surface area contributed by atoms with E-state index in [-0.39, 0.29) is 25.5 Å². The van der Waals surface area contributed by atoms with Crippen LogP contribution in [0.25, 0.3) is 0 Å². The van der Waals surface area contributed by atoms with Crippen LogP contribution in [0.4, 0.5) is 0 Å². The highest BCUT2D eigenvalue weighted by Gasteiger charge is 2.16. The van der Waals surface area contributed by atoms with Gasteiger partial charge in [-0.25, -0.2) is 0 Å². The van der Waals surface area contributed by atoms with Crippen molar-refractivity contribution in [2.24, 2.45) is 5.73 Å². The zero-order valence-corrected chi connectivity index (χ0v) is 9.42. The summed E-state index contributed by atoms with van der Waals surface area (Å²) in [7, 11) is 0. The summed E-state index contributed by atoms with van der Waals surface area (Å²) < 4.78 is 5.22. The summed E-state index contributed by atoms with van der Waals surface area (Å²) in [4.78, 5) is 22.7. The number of carbonyl (C=O) groups excluding carboxylic acids is 1. The highest BCUT2D eigenvalue weighted by molar-refractivity contribution is 5.77. The van der Waals surface area contributed by atoms with Crippen LogP contribution >= 0.6 is 0 Å². The van der Waals surface area contributed by atoms with Crippen LogP contribution in [0.2, 0.25) is 0 Å². The van der Waals surface area contributed by atoms with Crippen LogP contribution in [0.15, 0.2) is 4.42 Å². The molecule has 0 bridgehead atoms. The number of nitrogens with two attached hydrogens (primary N) is 1. The van der Waals surface area contributed by atoms with E-state index < -0.39 is 11.9 Å². The number of aryl methyl sites for hydroxylation is 1. The van der Waals surface area contributed by atoms with Crippen molar-refractivity contribution in [1.29, 1.82) is 0 Å². The van der Waals surface area contributed by atoms with Gasteiger partial charge in [0.05, 0.1) is 19.6 Å². The lowest BCUT2D eigenvalue weighted by Gasteiger charge is -2.15. The van der Waals surface area contributed by atoms with Crippen LogP contribution in [0, 0.1) is 0 Å². The third-order valence-electron chi connectivity index (χ3n) is 1.91. The van der Waals surface area contributed by atoms with Crippen LogP contribution in [0.3, 0.4) is 0 Å². The molecule has 94 valence electrons. The minimum atomic E-state index is -1.05. The number of amides is 1. The molecule has 1 aromatic heterocycles. The number of aromatic nitrogens is 2. The summed E-state index contributed by atoms with van der Waals surface area (Å²) in [5, 5.41) is 16.1. The van der Waals surface area contributed by atoms with Gasteiger partial charge in [-0.05, 0) is 0 Å². The Morgan fingerprint density at radius 3 is 2.47 bits per heavy atom. The minimum Gasteiger partial charge on any atom is -0.480 e. The summed E-state index contributed by atoms with van der Waals surface area (Å²) in [5.74, 6) is -0.929. The van der Waals surface area contributed by atoms with Gasteiger partial charge in [-0.1, -0.05) is 6.92 Å². The minimum absolute atomic E-state index is 0.0856. The number of carboxylic acid groups (broad SMARTS) is 1. The number of carbonyl (C=O) groups is 2. The lowest BCUT2D eigenvalue weighted by atomic mass is 10.4. The Hall–Kier alpha value is -1.96. The fraction of sp³-hybridized carbons (Fsp3) is 0.556. The Morgan fingerprint density at radius 2 is 2.00 bits per heavy atom. The van der Waals surface area contributed by atoms with Crippen LogP contribution in [0.1, 0.15) is 18.7 Å². The second-order valence-corrected chi connectivity index (χ2v) is 3.45. The van der Waals surface area contributed by atoms with E-state index in [1.165, 1.54) is 4.90 Å². The Morgan fingerprint density at radius 1 is 1.35 bits per heavy atom. The highest BCUT2D eigenvalue weighted by Crippen LogP contribution is 2.04. The van der Waals surface area contributed by atoms with E-state index in [4.69, 9.17) is 15.3 Å². The molecular formula is C9H14N4O4. The van der Waals surface area contributed by atoms with Gasteiger partial charge in [0.15, 0.2) is 0 Å². The summed E-state index contributed by atoms with van der Waals surface area (Å²) in [6.07, 6.45) is 0.599. The lowest BCUT2D eigenvalue weighted by Crippen LogP contribution is -2.36. The number of primary amides is 1. The standard InChI is InChI=1S/C9H14N4O4/c1-2-7-11-12-8(17-7)4-13(3-6(10)14)5-9(15)16/h2-5H2,1H3,(H2,10,14)(H,15,16). The summed E-state index contributed by atoms with van der Waals surface area (Å²) in [6.45, 7) is 1.46. The van der Waals surface area contributed by atoms with E-state index in [2.05, 4.69) is 10.2 Å². The molecule has 3 N–H and O–H groups in total. The molecule has 0 aliphatic rings. The maximum absolute atomic E-state index is 10.8. The fourth-order valence-electron chi connectivity index (χ4n) is 1.27. The third-order valence-corrected chi connectivity index (χ3v) is 1.91. The molecule has 8 heteroatoms. The molecule has 0 saturated carbocycles. The van der Waals surface area contributed by atoms with E-state index in [9.17, 15) is 9.59 Å². The maximum atomic E-state index is 10.8. The van der Waals surface area contributed by atoms with Crippen molar-refractivity contribution in [3.05, 3.63) is 11.8 Å².